The maximum absolute atomic E-state index is 9.55. The van der Waals surface area contributed by atoms with Crippen LogP contribution in [-0.4, -0.2) is 5.11 Å². The van der Waals surface area contributed by atoms with E-state index >= 15 is 0 Å². The Hall–Kier alpha value is -1.08. The van der Waals surface area contributed by atoms with Crippen LogP contribution < -0.4 is 0 Å². The van der Waals surface area contributed by atoms with E-state index in [2.05, 4.69) is 27.4 Å². The minimum absolute atomic E-state index is 0.544. The van der Waals surface area contributed by atoms with Crippen molar-refractivity contribution in [2.24, 2.45) is 0 Å². The van der Waals surface area contributed by atoms with Crippen molar-refractivity contribution in [1.29, 1.82) is 0 Å². The fourth-order valence-electron chi connectivity index (χ4n) is 1.38. The van der Waals surface area contributed by atoms with Crippen molar-refractivity contribution in [3.63, 3.8) is 0 Å². The molecule has 1 N–H and O–H groups in total. The van der Waals surface area contributed by atoms with Crippen molar-refractivity contribution < 1.29 is 5.11 Å². The molecule has 1 aromatic rings. The van der Waals surface area contributed by atoms with Crippen LogP contribution in [0, 0.1) is 20.8 Å². The molecule has 1 aromatic carbocycles. The first-order chi connectivity index (χ1) is 6.06. The molecule has 0 aliphatic rings. The third-order valence-corrected chi connectivity index (χ3v) is 2.51. The lowest BCUT2D eigenvalue weighted by molar-refractivity contribution is 0.229. The van der Waals surface area contributed by atoms with Crippen molar-refractivity contribution in [1.82, 2.24) is 0 Å². The van der Waals surface area contributed by atoms with Gasteiger partial charge in [0.15, 0.2) is 0 Å². The molecule has 0 fully saturated rings. The summed E-state index contributed by atoms with van der Waals surface area (Å²) in [6.45, 7) is 9.78. The number of rotatable bonds is 2. The average Bonchev–Trinajstić information content (AvgIpc) is 2.12. The maximum atomic E-state index is 9.55. The van der Waals surface area contributed by atoms with E-state index in [-0.39, 0.29) is 0 Å². The van der Waals surface area contributed by atoms with Gasteiger partial charge in [-0.1, -0.05) is 18.2 Å². The number of aryl methyl sites for hydroxylation is 2. The molecule has 0 unspecified atom stereocenters. The molecule has 0 aliphatic carbocycles. The maximum Gasteiger partial charge on any atom is 0.0969 e. The quantitative estimate of drug-likeness (QED) is 0.687. The van der Waals surface area contributed by atoms with Gasteiger partial charge in [0.2, 0.25) is 0 Å². The van der Waals surface area contributed by atoms with E-state index in [0.717, 1.165) is 5.56 Å². The lowest BCUT2D eigenvalue weighted by Crippen LogP contribution is -1.96. The van der Waals surface area contributed by atoms with E-state index in [1.165, 1.54) is 16.7 Å². The average molecular weight is 176 g/mol. The van der Waals surface area contributed by atoms with Crippen molar-refractivity contribution in [2.75, 3.05) is 0 Å². The molecule has 0 aliphatic heterocycles. The molecule has 0 bridgehead atoms. The highest BCUT2D eigenvalue weighted by Gasteiger charge is 2.05. The minimum atomic E-state index is -0.544. The monoisotopic (exact) mass is 176 g/mol. The Morgan fingerprint density at radius 2 is 1.69 bits per heavy atom. The summed E-state index contributed by atoms with van der Waals surface area (Å²) in [4.78, 5) is 0. The first kappa shape index (κ1) is 10.0. The van der Waals surface area contributed by atoms with Crippen molar-refractivity contribution in [3.05, 3.63) is 47.0 Å². The van der Waals surface area contributed by atoms with Crippen LogP contribution in [0.1, 0.15) is 28.4 Å². The molecule has 0 spiro atoms. The summed E-state index contributed by atoms with van der Waals surface area (Å²) in [6.07, 6.45) is 1.00. The van der Waals surface area contributed by atoms with Crippen molar-refractivity contribution >= 4 is 0 Å². The predicted octanol–water partition coefficient (Wildman–Crippen LogP) is 2.83. The molecule has 0 saturated heterocycles. The molecule has 1 rings (SSSR count). The first-order valence-electron chi connectivity index (χ1n) is 4.44. The molecule has 13 heavy (non-hydrogen) atoms. The highest BCUT2D eigenvalue weighted by atomic mass is 16.3. The lowest BCUT2D eigenvalue weighted by atomic mass is 9.98. The second kappa shape index (κ2) is 3.75. The summed E-state index contributed by atoms with van der Waals surface area (Å²) in [5.74, 6) is 0. The summed E-state index contributed by atoms with van der Waals surface area (Å²) in [7, 11) is 0. The van der Waals surface area contributed by atoms with Gasteiger partial charge < -0.3 is 5.11 Å². The van der Waals surface area contributed by atoms with E-state index < -0.39 is 6.10 Å². The van der Waals surface area contributed by atoms with Gasteiger partial charge in [0, 0.05) is 0 Å². The van der Waals surface area contributed by atoms with Crippen LogP contribution >= 0.6 is 0 Å². The fourth-order valence-corrected chi connectivity index (χ4v) is 1.38. The van der Waals surface area contributed by atoms with Gasteiger partial charge in [-0.15, -0.1) is 6.58 Å². The molecule has 0 radical (unpaired) electrons. The summed E-state index contributed by atoms with van der Waals surface area (Å²) in [5, 5.41) is 9.55. The van der Waals surface area contributed by atoms with Gasteiger partial charge in [0.1, 0.15) is 0 Å². The zero-order valence-corrected chi connectivity index (χ0v) is 8.46. The van der Waals surface area contributed by atoms with Crippen LogP contribution in [0.2, 0.25) is 0 Å². The van der Waals surface area contributed by atoms with Crippen LogP contribution in [0.5, 0.6) is 0 Å². The first-order valence-corrected chi connectivity index (χ1v) is 4.44. The Bertz CT molecular complexity index is 303. The Kier molecular flexibility index (Phi) is 2.89. The third-order valence-electron chi connectivity index (χ3n) is 2.51. The number of hydrogen-bond acceptors (Lipinski definition) is 1. The highest BCUT2D eigenvalue weighted by molar-refractivity contribution is 5.38. The van der Waals surface area contributed by atoms with Crippen molar-refractivity contribution in [2.45, 2.75) is 26.9 Å². The zero-order valence-electron chi connectivity index (χ0n) is 8.46. The smallest absolute Gasteiger partial charge is 0.0969 e. The molecule has 0 aromatic heterocycles. The SMILES string of the molecule is C=C[C@@H](O)c1cc(C)c(C)c(C)c1. The fraction of sp³-hybridized carbons (Fsp3) is 0.333. The molecule has 0 heterocycles. The van der Waals surface area contributed by atoms with Gasteiger partial charge in [-0.25, -0.2) is 0 Å². The second-order valence-electron chi connectivity index (χ2n) is 3.46. The van der Waals surface area contributed by atoms with E-state index in [1.54, 1.807) is 6.08 Å². The Balaban J connectivity index is 3.20. The Labute approximate surface area is 79.7 Å². The normalized spacial score (nSPS) is 12.6. The predicted molar refractivity (Wildman–Crippen MR) is 55.8 cm³/mol. The molecule has 70 valence electrons. The van der Waals surface area contributed by atoms with E-state index in [1.807, 2.05) is 12.1 Å². The number of hydrogen-bond donors (Lipinski definition) is 1. The molecule has 0 saturated carbocycles. The van der Waals surface area contributed by atoms with Gasteiger partial charge in [0.05, 0.1) is 6.10 Å². The molecule has 1 nitrogen and oxygen atoms in total. The largest absolute Gasteiger partial charge is 0.384 e. The van der Waals surface area contributed by atoms with Gasteiger partial charge in [-0.05, 0) is 43.0 Å². The van der Waals surface area contributed by atoms with Crippen LogP contribution in [0.3, 0.4) is 0 Å². The summed E-state index contributed by atoms with van der Waals surface area (Å²) in [6, 6.07) is 4.02. The number of benzene rings is 1. The number of aliphatic hydroxyl groups excluding tert-OH is 1. The van der Waals surface area contributed by atoms with E-state index in [0.29, 0.717) is 0 Å². The van der Waals surface area contributed by atoms with Crippen LogP contribution in [-0.2, 0) is 0 Å². The van der Waals surface area contributed by atoms with Gasteiger partial charge in [0.25, 0.3) is 0 Å². The van der Waals surface area contributed by atoms with Crippen LogP contribution in [0.15, 0.2) is 24.8 Å². The number of aliphatic hydroxyl groups is 1. The third kappa shape index (κ3) is 1.99. The molecule has 0 amide bonds. The van der Waals surface area contributed by atoms with E-state index in [4.69, 9.17) is 0 Å². The molecule has 1 atom stereocenters. The summed E-state index contributed by atoms with van der Waals surface area (Å²) in [5.41, 5.74) is 4.66. The van der Waals surface area contributed by atoms with E-state index in [9.17, 15) is 5.11 Å². The molecular weight excluding hydrogens is 160 g/mol. The summed E-state index contributed by atoms with van der Waals surface area (Å²) < 4.78 is 0. The molecule has 1 heteroatoms. The second-order valence-corrected chi connectivity index (χ2v) is 3.46. The highest BCUT2D eigenvalue weighted by Crippen LogP contribution is 2.20. The lowest BCUT2D eigenvalue weighted by Gasteiger charge is -2.11. The molecular formula is C12H16O. The van der Waals surface area contributed by atoms with Crippen LogP contribution in [0.25, 0.3) is 0 Å². The van der Waals surface area contributed by atoms with Gasteiger partial charge in [-0.3, -0.25) is 0 Å². The Morgan fingerprint density at radius 3 is 2.08 bits per heavy atom. The minimum Gasteiger partial charge on any atom is -0.384 e. The van der Waals surface area contributed by atoms with Crippen molar-refractivity contribution in [3.8, 4) is 0 Å². The van der Waals surface area contributed by atoms with Crippen LogP contribution in [0.4, 0.5) is 0 Å². The Morgan fingerprint density at radius 1 is 1.23 bits per heavy atom. The van der Waals surface area contributed by atoms with Gasteiger partial charge >= 0.3 is 0 Å². The standard InChI is InChI=1S/C12H16O/c1-5-12(13)11-6-8(2)10(4)9(3)7-11/h5-7,12-13H,1H2,2-4H3/t12-/m1/s1. The summed E-state index contributed by atoms with van der Waals surface area (Å²) >= 11 is 0. The zero-order chi connectivity index (χ0) is 10.0. The topological polar surface area (TPSA) is 20.2 Å². The van der Waals surface area contributed by atoms with Gasteiger partial charge in [-0.2, -0.15) is 0 Å².